The van der Waals surface area contributed by atoms with Crippen LogP contribution in [0, 0.1) is 0 Å². The predicted molar refractivity (Wildman–Crippen MR) is 58.1 cm³/mol. The van der Waals surface area contributed by atoms with E-state index in [0.29, 0.717) is 5.01 Å². The Bertz CT molecular complexity index is 474. The molecule has 2 aromatic heterocycles. The van der Waals surface area contributed by atoms with Crippen LogP contribution in [0.25, 0.3) is 9.88 Å². The summed E-state index contributed by atoms with van der Waals surface area (Å²) in [4.78, 5) is 4.29. The third kappa shape index (κ3) is 2.40. The molecule has 80 valence electrons. The lowest BCUT2D eigenvalue weighted by Crippen LogP contribution is -2.04. The van der Waals surface area contributed by atoms with Crippen molar-refractivity contribution in [2.24, 2.45) is 0 Å². The van der Waals surface area contributed by atoms with E-state index in [2.05, 4.69) is 20.9 Å². The van der Waals surface area contributed by atoms with E-state index in [0.717, 1.165) is 25.4 Å². The maximum absolute atomic E-state index is 12.3. The summed E-state index contributed by atoms with van der Waals surface area (Å²) in [6, 6.07) is 3.53. The number of hydrogen-bond acceptors (Lipinski definition) is 3. The van der Waals surface area contributed by atoms with Crippen molar-refractivity contribution < 1.29 is 13.2 Å². The first-order valence-corrected chi connectivity index (χ1v) is 6.24. The molecule has 0 saturated carbocycles. The molecule has 0 fully saturated rings. The average Bonchev–Trinajstić information content (AvgIpc) is 2.69. The van der Waals surface area contributed by atoms with Crippen molar-refractivity contribution in [3.8, 4) is 9.88 Å². The zero-order chi connectivity index (χ0) is 11.1. The van der Waals surface area contributed by atoms with Crippen LogP contribution in [0.3, 0.4) is 0 Å². The van der Waals surface area contributed by atoms with Gasteiger partial charge in [0.15, 0.2) is 5.69 Å². The van der Waals surface area contributed by atoms with Gasteiger partial charge < -0.3 is 0 Å². The molecule has 1 nitrogen and oxygen atoms in total. The van der Waals surface area contributed by atoms with E-state index in [4.69, 9.17) is 0 Å². The summed E-state index contributed by atoms with van der Waals surface area (Å²) in [5.74, 6) is 0. The molecule has 7 heteroatoms. The molecule has 0 aliphatic carbocycles. The number of aromatic nitrogens is 1. The largest absolute Gasteiger partial charge is 0.434 e. The van der Waals surface area contributed by atoms with Crippen molar-refractivity contribution in [2.75, 3.05) is 0 Å². The Balaban J connectivity index is 2.36. The van der Waals surface area contributed by atoms with Gasteiger partial charge in [0.05, 0.1) is 8.66 Å². The lowest BCUT2D eigenvalue weighted by Gasteiger charge is -1.99. The van der Waals surface area contributed by atoms with Gasteiger partial charge in [-0.05, 0) is 28.1 Å². The minimum atomic E-state index is -4.36. The van der Waals surface area contributed by atoms with E-state index < -0.39 is 11.9 Å². The molecule has 0 amide bonds. The van der Waals surface area contributed by atoms with Gasteiger partial charge in [-0.15, -0.1) is 22.7 Å². The fourth-order valence-electron chi connectivity index (χ4n) is 0.946. The molecule has 0 spiro atoms. The quantitative estimate of drug-likeness (QED) is 0.746. The van der Waals surface area contributed by atoms with Gasteiger partial charge in [0.25, 0.3) is 0 Å². The number of thiophene rings is 1. The number of hydrogen-bond donors (Lipinski definition) is 0. The normalized spacial score (nSPS) is 12.0. The number of alkyl halides is 3. The Morgan fingerprint density at radius 1 is 1.27 bits per heavy atom. The van der Waals surface area contributed by atoms with Crippen LogP contribution >= 0.6 is 38.6 Å². The second-order valence-electron chi connectivity index (χ2n) is 2.64. The van der Waals surface area contributed by atoms with Crippen LogP contribution in [0.5, 0.6) is 0 Å². The molecule has 15 heavy (non-hydrogen) atoms. The summed E-state index contributed by atoms with van der Waals surface area (Å²) in [6.45, 7) is 0. The molecular weight excluding hydrogens is 311 g/mol. The molecule has 0 aliphatic heterocycles. The fourth-order valence-corrected chi connectivity index (χ4v) is 3.23. The lowest BCUT2D eigenvalue weighted by molar-refractivity contribution is -0.140. The maximum atomic E-state index is 12.3. The average molecular weight is 314 g/mol. The molecule has 0 N–H and O–H groups in total. The highest BCUT2D eigenvalue weighted by Crippen LogP contribution is 2.37. The minimum absolute atomic E-state index is 0.401. The van der Waals surface area contributed by atoms with Gasteiger partial charge in [0, 0.05) is 5.38 Å². The van der Waals surface area contributed by atoms with Crippen LogP contribution < -0.4 is 0 Å². The Labute approximate surface area is 99.7 Å². The molecule has 2 aromatic rings. The summed E-state index contributed by atoms with van der Waals surface area (Å²) in [6.07, 6.45) is -4.36. The summed E-state index contributed by atoms with van der Waals surface area (Å²) in [7, 11) is 0. The van der Waals surface area contributed by atoms with E-state index >= 15 is 0 Å². The molecule has 0 unspecified atom stereocenters. The number of thiazole rings is 1. The second-order valence-corrected chi connectivity index (χ2v) is 5.96. The SMILES string of the molecule is FC(F)(F)c1csc(-c2ccc(Br)s2)n1. The molecule has 0 aromatic carbocycles. The van der Waals surface area contributed by atoms with Gasteiger partial charge in [0.1, 0.15) is 5.01 Å². The topological polar surface area (TPSA) is 12.9 Å². The predicted octanol–water partition coefficient (Wildman–Crippen LogP) is 4.65. The van der Waals surface area contributed by atoms with Gasteiger partial charge in [-0.3, -0.25) is 0 Å². The van der Waals surface area contributed by atoms with Crippen LogP contribution in [0.2, 0.25) is 0 Å². The van der Waals surface area contributed by atoms with Crippen molar-refractivity contribution in [1.29, 1.82) is 0 Å². The molecule has 0 bridgehead atoms. The summed E-state index contributed by atoms with van der Waals surface area (Å²) in [5, 5.41) is 1.43. The van der Waals surface area contributed by atoms with Crippen LogP contribution in [0.15, 0.2) is 21.3 Å². The van der Waals surface area contributed by atoms with Crippen LogP contribution in [-0.4, -0.2) is 4.98 Å². The highest BCUT2D eigenvalue weighted by atomic mass is 79.9. The first-order valence-electron chi connectivity index (χ1n) is 3.75. The van der Waals surface area contributed by atoms with Crippen molar-refractivity contribution >= 4 is 38.6 Å². The van der Waals surface area contributed by atoms with Gasteiger partial charge in [0.2, 0.25) is 0 Å². The third-order valence-corrected chi connectivity index (χ3v) is 4.21. The number of halogens is 4. The number of rotatable bonds is 1. The molecule has 0 atom stereocenters. The van der Waals surface area contributed by atoms with Crippen molar-refractivity contribution in [2.45, 2.75) is 6.18 Å². The lowest BCUT2D eigenvalue weighted by atomic mass is 10.4. The van der Waals surface area contributed by atoms with Crippen molar-refractivity contribution in [3.63, 3.8) is 0 Å². The monoisotopic (exact) mass is 313 g/mol. The van der Waals surface area contributed by atoms with E-state index in [1.54, 1.807) is 12.1 Å². The Kier molecular flexibility index (Phi) is 2.87. The summed E-state index contributed by atoms with van der Waals surface area (Å²) < 4.78 is 37.7. The van der Waals surface area contributed by atoms with Crippen molar-refractivity contribution in [3.05, 3.63) is 27.0 Å². The maximum Gasteiger partial charge on any atom is 0.434 e. The first kappa shape index (κ1) is 11.1. The molecule has 0 aliphatic rings. The summed E-state index contributed by atoms with van der Waals surface area (Å²) in [5.41, 5.74) is -0.827. The van der Waals surface area contributed by atoms with Gasteiger partial charge in [-0.2, -0.15) is 13.2 Å². The fraction of sp³-hybridized carbons (Fsp3) is 0.125. The molecule has 2 rings (SSSR count). The van der Waals surface area contributed by atoms with Gasteiger partial charge in [-0.25, -0.2) is 4.98 Å². The molecule has 2 heterocycles. The third-order valence-electron chi connectivity index (χ3n) is 1.58. The van der Waals surface area contributed by atoms with E-state index in [9.17, 15) is 13.2 Å². The van der Waals surface area contributed by atoms with Crippen molar-refractivity contribution in [1.82, 2.24) is 4.98 Å². The Hall–Kier alpha value is -0.400. The van der Waals surface area contributed by atoms with E-state index in [1.807, 2.05) is 0 Å². The molecule has 0 radical (unpaired) electrons. The highest BCUT2D eigenvalue weighted by Gasteiger charge is 2.33. The Morgan fingerprint density at radius 3 is 2.47 bits per heavy atom. The van der Waals surface area contributed by atoms with Crippen LogP contribution in [0.1, 0.15) is 5.69 Å². The zero-order valence-corrected chi connectivity index (χ0v) is 10.2. The summed E-state index contributed by atoms with van der Waals surface area (Å²) >= 11 is 5.61. The van der Waals surface area contributed by atoms with Gasteiger partial charge >= 0.3 is 6.18 Å². The zero-order valence-electron chi connectivity index (χ0n) is 7.01. The molecule has 0 saturated heterocycles. The van der Waals surface area contributed by atoms with Crippen LogP contribution in [-0.2, 0) is 6.18 Å². The van der Waals surface area contributed by atoms with E-state index in [1.165, 1.54) is 11.3 Å². The van der Waals surface area contributed by atoms with Gasteiger partial charge in [-0.1, -0.05) is 0 Å². The van der Waals surface area contributed by atoms with E-state index in [-0.39, 0.29) is 0 Å². The minimum Gasteiger partial charge on any atom is -0.231 e. The second kappa shape index (κ2) is 3.88. The standard InChI is InChI=1S/C8H3BrF3NS2/c9-6-2-1-4(15-6)7-13-5(3-14-7)8(10,11)12/h1-3H. The number of nitrogens with zero attached hydrogens (tertiary/aromatic N) is 1. The first-order chi connectivity index (χ1) is 6.97. The molecular formula is C8H3BrF3NS2. The Morgan fingerprint density at radius 2 is 2.00 bits per heavy atom. The highest BCUT2D eigenvalue weighted by molar-refractivity contribution is 9.11. The van der Waals surface area contributed by atoms with Crippen LogP contribution in [0.4, 0.5) is 13.2 Å². The smallest absolute Gasteiger partial charge is 0.231 e.